The lowest BCUT2D eigenvalue weighted by Crippen LogP contribution is -2.22. The Kier molecular flexibility index (Phi) is 2.59. The third-order valence-electron chi connectivity index (χ3n) is 2.99. The quantitative estimate of drug-likeness (QED) is 0.770. The molecule has 1 aromatic heterocycles. The van der Waals surface area contributed by atoms with Crippen LogP contribution in [0.2, 0.25) is 0 Å². The van der Waals surface area contributed by atoms with Crippen molar-refractivity contribution >= 4 is 11.6 Å². The summed E-state index contributed by atoms with van der Waals surface area (Å²) in [6, 6.07) is 6.38. The molecular weight excluding hydrogens is 243 g/mol. The monoisotopic (exact) mass is 252 g/mol. The molecule has 1 aliphatic rings. The Hall–Kier alpha value is -1.42. The van der Waals surface area contributed by atoms with Crippen LogP contribution < -0.4 is 0 Å². The van der Waals surface area contributed by atoms with Crippen LogP contribution in [0.15, 0.2) is 28.8 Å². The molecule has 1 heterocycles. The molecule has 0 spiro atoms. The zero-order chi connectivity index (χ0) is 11.8. The maximum Gasteiger partial charge on any atom is 0.230 e. The van der Waals surface area contributed by atoms with Gasteiger partial charge in [-0.25, -0.2) is 4.39 Å². The first kappa shape index (κ1) is 10.7. The van der Waals surface area contributed by atoms with Gasteiger partial charge >= 0.3 is 0 Å². The summed E-state index contributed by atoms with van der Waals surface area (Å²) >= 11 is 5.89. The van der Waals surface area contributed by atoms with Gasteiger partial charge in [-0.05, 0) is 25.0 Å². The van der Waals surface area contributed by atoms with E-state index in [0.717, 1.165) is 12.8 Å². The number of rotatable bonds is 2. The average molecular weight is 253 g/mol. The summed E-state index contributed by atoms with van der Waals surface area (Å²) in [5, 5.41) is 4.00. The zero-order valence-corrected chi connectivity index (χ0v) is 9.69. The second-order valence-electron chi connectivity index (χ2n) is 4.20. The lowest BCUT2D eigenvalue weighted by Gasteiger charge is -2.27. The lowest BCUT2D eigenvalue weighted by atomic mass is 9.85. The number of hydrogen-bond acceptors (Lipinski definition) is 3. The first-order valence-electron chi connectivity index (χ1n) is 5.46. The van der Waals surface area contributed by atoms with Crippen molar-refractivity contribution in [3.63, 3.8) is 0 Å². The molecule has 5 heteroatoms. The molecule has 0 bridgehead atoms. The Morgan fingerprint density at radius 2 is 2.06 bits per heavy atom. The fourth-order valence-electron chi connectivity index (χ4n) is 1.90. The minimum absolute atomic E-state index is 0.198. The molecule has 1 aliphatic carbocycles. The molecule has 1 saturated carbocycles. The molecule has 0 unspecified atom stereocenters. The van der Waals surface area contributed by atoms with E-state index in [0.29, 0.717) is 17.3 Å². The van der Waals surface area contributed by atoms with Crippen molar-refractivity contribution in [1.82, 2.24) is 10.1 Å². The van der Waals surface area contributed by atoms with E-state index in [1.807, 2.05) is 0 Å². The topological polar surface area (TPSA) is 38.9 Å². The Morgan fingerprint density at radius 1 is 1.29 bits per heavy atom. The van der Waals surface area contributed by atoms with E-state index in [1.165, 1.54) is 6.07 Å². The highest BCUT2D eigenvalue weighted by Crippen LogP contribution is 2.39. The summed E-state index contributed by atoms with van der Waals surface area (Å²) in [4.78, 5) is 4.22. The molecule has 0 N–H and O–H groups in total. The van der Waals surface area contributed by atoms with E-state index in [9.17, 15) is 4.39 Å². The van der Waals surface area contributed by atoms with Crippen molar-refractivity contribution in [1.29, 1.82) is 0 Å². The minimum Gasteiger partial charge on any atom is -0.339 e. The van der Waals surface area contributed by atoms with Gasteiger partial charge in [0, 0.05) is 11.3 Å². The summed E-state index contributed by atoms with van der Waals surface area (Å²) in [6.45, 7) is 0. The van der Waals surface area contributed by atoms with E-state index in [1.54, 1.807) is 18.2 Å². The number of alkyl halides is 1. The summed E-state index contributed by atoms with van der Waals surface area (Å²) < 4.78 is 18.6. The van der Waals surface area contributed by atoms with Crippen LogP contribution in [0, 0.1) is 5.82 Å². The predicted molar refractivity (Wildman–Crippen MR) is 61.3 cm³/mol. The van der Waals surface area contributed by atoms with Crippen LogP contribution in [0.3, 0.4) is 0 Å². The number of aromatic nitrogens is 2. The van der Waals surface area contributed by atoms with Gasteiger partial charge in [0.05, 0.1) is 5.56 Å². The summed E-state index contributed by atoms with van der Waals surface area (Å²) in [5.41, 5.74) is 0.365. The van der Waals surface area contributed by atoms with Gasteiger partial charge in [-0.3, -0.25) is 0 Å². The van der Waals surface area contributed by atoms with Crippen LogP contribution in [0.4, 0.5) is 4.39 Å². The molecular formula is C12H10ClFN2O. The Bertz CT molecular complexity index is 537. The molecule has 2 aromatic rings. The largest absolute Gasteiger partial charge is 0.339 e. The van der Waals surface area contributed by atoms with E-state index < -0.39 is 0 Å². The first-order valence-corrected chi connectivity index (χ1v) is 5.90. The first-order chi connectivity index (χ1) is 8.24. The second-order valence-corrected chi connectivity index (χ2v) is 4.82. The summed E-state index contributed by atoms with van der Waals surface area (Å²) in [7, 11) is 0. The number of benzene rings is 1. The molecule has 0 atom stereocenters. The maximum atomic E-state index is 13.5. The van der Waals surface area contributed by atoms with Crippen LogP contribution in [0.1, 0.15) is 24.7 Å². The lowest BCUT2D eigenvalue weighted by molar-refractivity contribution is 0.296. The van der Waals surface area contributed by atoms with E-state index in [2.05, 4.69) is 10.1 Å². The van der Waals surface area contributed by atoms with Crippen molar-refractivity contribution in [2.75, 3.05) is 0 Å². The van der Waals surface area contributed by atoms with Gasteiger partial charge in [-0.15, -0.1) is 11.6 Å². The summed E-state index contributed by atoms with van der Waals surface area (Å²) in [6.07, 6.45) is 1.70. The zero-order valence-electron chi connectivity index (χ0n) is 8.94. The highest BCUT2D eigenvalue weighted by molar-refractivity contribution is 6.21. The molecule has 3 rings (SSSR count). The Labute approximate surface area is 103 Å². The summed E-state index contributed by atoms with van der Waals surface area (Å²) in [5.74, 6) is 0.741. The van der Waals surface area contributed by atoms with Gasteiger partial charge in [0.2, 0.25) is 11.7 Å². The molecule has 1 fully saturated rings. The van der Waals surface area contributed by atoms with Crippen LogP contribution in [0.25, 0.3) is 11.4 Å². The molecule has 1 aromatic carbocycles. The van der Waals surface area contributed by atoms with Crippen LogP contribution >= 0.6 is 11.6 Å². The van der Waals surface area contributed by atoms with Gasteiger partial charge in [-0.1, -0.05) is 17.3 Å². The molecule has 0 aliphatic heterocycles. The van der Waals surface area contributed by atoms with E-state index >= 15 is 0 Å². The van der Waals surface area contributed by atoms with Crippen molar-refractivity contribution in [3.05, 3.63) is 36.0 Å². The Morgan fingerprint density at radius 3 is 2.76 bits per heavy atom. The van der Waals surface area contributed by atoms with Crippen molar-refractivity contribution in [2.24, 2.45) is 0 Å². The van der Waals surface area contributed by atoms with Crippen molar-refractivity contribution in [2.45, 2.75) is 24.1 Å². The average Bonchev–Trinajstić information content (AvgIpc) is 2.74. The smallest absolute Gasteiger partial charge is 0.230 e. The molecule has 88 valence electrons. The van der Waals surface area contributed by atoms with Crippen LogP contribution in [-0.2, 0) is 0 Å². The standard InChI is InChI=1S/C12H10ClFN2O/c13-8-5-7(6-8)12-15-11(16-17-12)9-3-1-2-4-10(9)14/h1-4,7-8H,5-6H2. The maximum absolute atomic E-state index is 13.5. The third-order valence-corrected chi connectivity index (χ3v) is 3.34. The molecule has 0 radical (unpaired) electrons. The van der Waals surface area contributed by atoms with Crippen molar-refractivity contribution in [3.8, 4) is 11.4 Å². The molecule has 0 saturated heterocycles. The van der Waals surface area contributed by atoms with Crippen molar-refractivity contribution < 1.29 is 8.91 Å². The third kappa shape index (κ3) is 1.93. The van der Waals surface area contributed by atoms with Gasteiger partial charge in [0.1, 0.15) is 5.82 Å². The molecule has 17 heavy (non-hydrogen) atoms. The van der Waals surface area contributed by atoms with Gasteiger partial charge < -0.3 is 4.52 Å². The van der Waals surface area contributed by atoms with Crippen LogP contribution in [-0.4, -0.2) is 15.5 Å². The van der Waals surface area contributed by atoms with E-state index in [4.69, 9.17) is 16.1 Å². The van der Waals surface area contributed by atoms with E-state index in [-0.39, 0.29) is 17.1 Å². The Balaban J connectivity index is 1.88. The predicted octanol–water partition coefficient (Wildman–Crippen LogP) is 3.36. The fraction of sp³-hybridized carbons (Fsp3) is 0.333. The highest BCUT2D eigenvalue weighted by Gasteiger charge is 2.33. The number of nitrogens with zero attached hydrogens (tertiary/aromatic N) is 2. The number of halogens is 2. The van der Waals surface area contributed by atoms with Gasteiger partial charge in [0.15, 0.2) is 0 Å². The molecule has 3 nitrogen and oxygen atoms in total. The van der Waals surface area contributed by atoms with Gasteiger partial charge in [-0.2, -0.15) is 4.98 Å². The molecule has 0 amide bonds. The highest BCUT2D eigenvalue weighted by atomic mass is 35.5. The van der Waals surface area contributed by atoms with Crippen LogP contribution in [0.5, 0.6) is 0 Å². The number of hydrogen-bond donors (Lipinski definition) is 0. The second kappa shape index (κ2) is 4.11. The fourth-order valence-corrected chi connectivity index (χ4v) is 2.33. The minimum atomic E-state index is -0.344. The SMILES string of the molecule is Fc1ccccc1-c1noc(C2CC(Cl)C2)n1. The van der Waals surface area contributed by atoms with Gasteiger partial charge in [0.25, 0.3) is 0 Å². The normalized spacial score (nSPS) is 23.4.